The molecule has 1 saturated carbocycles. The smallest absolute Gasteiger partial charge is 0.495 e. The zero-order chi connectivity index (χ0) is 14.8. The average Bonchev–Trinajstić information content (AvgIpc) is 3.02. The van der Waals surface area contributed by atoms with E-state index in [4.69, 9.17) is 9.31 Å². The van der Waals surface area contributed by atoms with Crippen molar-refractivity contribution < 1.29 is 14.4 Å². The van der Waals surface area contributed by atoms with E-state index in [-0.39, 0.29) is 23.7 Å². The Hall–Kier alpha value is -0.995. The molecule has 2 aliphatic rings. The largest absolute Gasteiger partial charge is 0.508 e. The van der Waals surface area contributed by atoms with Gasteiger partial charge in [0.2, 0.25) is 0 Å². The highest BCUT2D eigenvalue weighted by atomic mass is 16.7. The van der Waals surface area contributed by atoms with Gasteiger partial charge in [-0.2, -0.15) is 0 Å². The van der Waals surface area contributed by atoms with Crippen molar-refractivity contribution in [2.45, 2.75) is 64.1 Å². The third kappa shape index (κ3) is 2.06. The van der Waals surface area contributed by atoms with Crippen LogP contribution in [-0.4, -0.2) is 23.4 Å². The Morgan fingerprint density at radius 2 is 1.55 bits per heavy atom. The monoisotopic (exact) mass is 274 g/mol. The summed E-state index contributed by atoms with van der Waals surface area (Å²) in [5.41, 5.74) is 1.71. The maximum atomic E-state index is 9.80. The molecule has 2 fully saturated rings. The van der Waals surface area contributed by atoms with Crippen LogP contribution in [0.1, 0.15) is 53.0 Å². The molecule has 3 rings (SSSR count). The van der Waals surface area contributed by atoms with Crippen molar-refractivity contribution in [3.63, 3.8) is 0 Å². The molecular weight excluding hydrogens is 251 g/mol. The predicted octanol–water partition coefficient (Wildman–Crippen LogP) is 2.74. The van der Waals surface area contributed by atoms with Gasteiger partial charge in [0.05, 0.1) is 11.2 Å². The summed E-state index contributed by atoms with van der Waals surface area (Å²) in [5, 5.41) is 9.80. The molecule has 1 heterocycles. The fourth-order valence-electron chi connectivity index (χ4n) is 2.70. The van der Waals surface area contributed by atoms with Gasteiger partial charge in [0, 0.05) is 0 Å². The van der Waals surface area contributed by atoms with Crippen molar-refractivity contribution in [1.29, 1.82) is 0 Å². The van der Waals surface area contributed by atoms with Crippen molar-refractivity contribution in [2.75, 3.05) is 0 Å². The van der Waals surface area contributed by atoms with Crippen molar-refractivity contribution in [2.24, 2.45) is 0 Å². The lowest BCUT2D eigenvalue weighted by atomic mass is 9.72. The summed E-state index contributed by atoms with van der Waals surface area (Å²) in [7, 11) is -0.354. The standard InChI is InChI=1S/C16H23BO3/c1-14(2)15(3,4)20-17(19-14)13-7-6-11(18)10-12(13)16(5)8-9-16/h6-7,10,18H,8-9H2,1-5H3. The molecule has 4 heteroatoms. The summed E-state index contributed by atoms with van der Waals surface area (Å²) < 4.78 is 12.3. The third-order valence-electron chi connectivity index (χ3n) is 5.19. The predicted molar refractivity (Wildman–Crippen MR) is 80.4 cm³/mol. The van der Waals surface area contributed by atoms with Crippen LogP contribution >= 0.6 is 0 Å². The SMILES string of the molecule is CC1(c2cc(O)ccc2B2OC(C)(C)C(C)(C)O2)CC1. The molecule has 0 aromatic heterocycles. The molecule has 108 valence electrons. The molecule has 0 radical (unpaired) electrons. The number of rotatable bonds is 2. The number of phenolic OH excluding ortho intramolecular Hbond substituents is 1. The second-order valence-corrected chi connectivity index (χ2v) is 7.42. The quantitative estimate of drug-likeness (QED) is 0.843. The van der Waals surface area contributed by atoms with Gasteiger partial charge >= 0.3 is 7.12 Å². The van der Waals surface area contributed by atoms with E-state index < -0.39 is 0 Å². The van der Waals surface area contributed by atoms with E-state index in [9.17, 15) is 5.11 Å². The molecule has 3 nitrogen and oxygen atoms in total. The van der Waals surface area contributed by atoms with E-state index in [1.54, 1.807) is 6.07 Å². The van der Waals surface area contributed by atoms with Gasteiger partial charge in [-0.25, -0.2) is 0 Å². The topological polar surface area (TPSA) is 38.7 Å². The Kier molecular flexibility index (Phi) is 2.80. The minimum atomic E-state index is -0.354. The Morgan fingerprint density at radius 1 is 1.00 bits per heavy atom. The van der Waals surface area contributed by atoms with Gasteiger partial charge in [-0.3, -0.25) is 0 Å². The number of phenols is 1. The zero-order valence-electron chi connectivity index (χ0n) is 13.0. The first-order valence-corrected chi connectivity index (χ1v) is 7.34. The number of hydrogen-bond donors (Lipinski definition) is 1. The third-order valence-corrected chi connectivity index (χ3v) is 5.19. The molecule has 1 aliphatic heterocycles. The maximum Gasteiger partial charge on any atom is 0.495 e. The molecule has 0 amide bonds. The van der Waals surface area contributed by atoms with Crippen LogP contribution in [0.15, 0.2) is 18.2 Å². The molecule has 1 aromatic rings. The van der Waals surface area contributed by atoms with E-state index >= 15 is 0 Å². The normalized spacial score (nSPS) is 25.8. The summed E-state index contributed by atoms with van der Waals surface area (Å²) in [5.74, 6) is 0.313. The Morgan fingerprint density at radius 3 is 2.05 bits per heavy atom. The molecular formula is C16H23BO3. The van der Waals surface area contributed by atoms with Gasteiger partial charge in [-0.1, -0.05) is 13.0 Å². The lowest BCUT2D eigenvalue weighted by molar-refractivity contribution is 0.00578. The Labute approximate surface area is 121 Å². The van der Waals surface area contributed by atoms with E-state index in [0.29, 0.717) is 5.75 Å². The highest BCUT2D eigenvalue weighted by molar-refractivity contribution is 6.62. The second kappa shape index (κ2) is 4.02. The average molecular weight is 274 g/mol. The van der Waals surface area contributed by atoms with Crippen LogP contribution in [0.4, 0.5) is 0 Å². The van der Waals surface area contributed by atoms with Gasteiger partial charge in [0.25, 0.3) is 0 Å². The van der Waals surface area contributed by atoms with Crippen molar-refractivity contribution in [1.82, 2.24) is 0 Å². The molecule has 20 heavy (non-hydrogen) atoms. The minimum Gasteiger partial charge on any atom is -0.508 e. The molecule has 1 saturated heterocycles. The maximum absolute atomic E-state index is 9.80. The lowest BCUT2D eigenvalue weighted by Crippen LogP contribution is -2.41. The summed E-state index contributed by atoms with van der Waals surface area (Å²) in [4.78, 5) is 0. The van der Waals surface area contributed by atoms with Crippen LogP contribution in [0.2, 0.25) is 0 Å². The zero-order valence-corrected chi connectivity index (χ0v) is 13.0. The molecule has 1 aromatic carbocycles. The van der Waals surface area contributed by atoms with Crippen LogP contribution in [-0.2, 0) is 14.7 Å². The highest BCUT2D eigenvalue weighted by Gasteiger charge is 2.53. The van der Waals surface area contributed by atoms with Gasteiger partial charge < -0.3 is 14.4 Å². The fourth-order valence-corrected chi connectivity index (χ4v) is 2.70. The van der Waals surface area contributed by atoms with E-state index in [2.05, 4.69) is 34.6 Å². The molecule has 0 bridgehead atoms. The summed E-state index contributed by atoms with van der Waals surface area (Å²) >= 11 is 0. The van der Waals surface area contributed by atoms with Crippen molar-refractivity contribution >= 4 is 12.6 Å². The van der Waals surface area contributed by atoms with E-state index in [1.165, 1.54) is 0 Å². The summed E-state index contributed by atoms with van der Waals surface area (Å²) in [6.45, 7) is 10.5. The van der Waals surface area contributed by atoms with Crippen LogP contribution in [0.3, 0.4) is 0 Å². The van der Waals surface area contributed by atoms with Crippen LogP contribution in [0, 0.1) is 0 Å². The van der Waals surface area contributed by atoms with Crippen LogP contribution in [0.5, 0.6) is 5.75 Å². The number of benzene rings is 1. The molecule has 0 atom stereocenters. The first-order chi connectivity index (χ1) is 9.15. The van der Waals surface area contributed by atoms with Gasteiger partial charge in [0.1, 0.15) is 5.75 Å². The summed E-state index contributed by atoms with van der Waals surface area (Å²) in [6, 6.07) is 5.53. The Balaban J connectivity index is 2.00. The van der Waals surface area contributed by atoms with Crippen LogP contribution in [0.25, 0.3) is 0 Å². The minimum absolute atomic E-state index is 0.164. The van der Waals surface area contributed by atoms with Crippen LogP contribution < -0.4 is 5.46 Å². The summed E-state index contributed by atoms with van der Waals surface area (Å²) in [6.07, 6.45) is 2.31. The molecule has 1 N–H and O–H groups in total. The lowest BCUT2D eigenvalue weighted by Gasteiger charge is -2.32. The number of aromatic hydroxyl groups is 1. The van der Waals surface area contributed by atoms with E-state index in [0.717, 1.165) is 23.9 Å². The molecule has 0 spiro atoms. The van der Waals surface area contributed by atoms with E-state index in [1.807, 2.05) is 12.1 Å². The Bertz CT molecular complexity index is 531. The first kappa shape index (κ1) is 14.0. The first-order valence-electron chi connectivity index (χ1n) is 7.34. The second-order valence-electron chi connectivity index (χ2n) is 7.42. The van der Waals surface area contributed by atoms with Crippen molar-refractivity contribution in [3.8, 4) is 5.75 Å². The van der Waals surface area contributed by atoms with Gasteiger partial charge in [-0.15, -0.1) is 0 Å². The molecule has 0 unspecified atom stereocenters. The van der Waals surface area contributed by atoms with Gasteiger partial charge in [0.15, 0.2) is 0 Å². The highest BCUT2D eigenvalue weighted by Crippen LogP contribution is 2.48. The van der Waals surface area contributed by atoms with Crippen molar-refractivity contribution in [3.05, 3.63) is 23.8 Å². The van der Waals surface area contributed by atoms with Gasteiger partial charge in [-0.05, 0) is 69.1 Å². The molecule has 1 aliphatic carbocycles. The number of hydrogen-bond acceptors (Lipinski definition) is 3. The fraction of sp³-hybridized carbons (Fsp3) is 0.625.